The van der Waals surface area contributed by atoms with E-state index in [9.17, 15) is 27.6 Å². The van der Waals surface area contributed by atoms with Crippen LogP contribution in [0.1, 0.15) is 45.7 Å². The maximum absolute atomic E-state index is 12.9. The molecule has 2 fully saturated rings. The molecule has 32 heavy (non-hydrogen) atoms. The molecule has 12 heteroatoms. The SMILES string of the molecule is CC(C)(C)OC(=O)NCC1(CN2CCC(=O)N(CCn3ccc(C(F)(F)F)n3)C2=O)CC1. The number of amides is 4. The van der Waals surface area contributed by atoms with E-state index >= 15 is 0 Å². The van der Waals surface area contributed by atoms with E-state index in [1.807, 2.05) is 0 Å². The number of hydrogen-bond acceptors (Lipinski definition) is 5. The zero-order valence-electron chi connectivity index (χ0n) is 18.4. The van der Waals surface area contributed by atoms with E-state index < -0.39 is 29.6 Å². The summed E-state index contributed by atoms with van der Waals surface area (Å²) < 4.78 is 44.4. The molecule has 2 aliphatic rings. The third-order valence-electron chi connectivity index (χ3n) is 5.37. The van der Waals surface area contributed by atoms with Gasteiger partial charge in [0.2, 0.25) is 5.91 Å². The van der Waals surface area contributed by atoms with Gasteiger partial charge in [0.05, 0.1) is 13.1 Å². The number of hydrogen-bond donors (Lipinski definition) is 1. The smallest absolute Gasteiger partial charge is 0.435 e. The highest BCUT2D eigenvalue weighted by molar-refractivity contribution is 5.96. The average Bonchev–Trinajstić information content (AvgIpc) is 3.24. The van der Waals surface area contributed by atoms with Gasteiger partial charge in [-0.15, -0.1) is 0 Å². The van der Waals surface area contributed by atoms with Crippen molar-refractivity contribution in [3.05, 3.63) is 18.0 Å². The van der Waals surface area contributed by atoms with Crippen molar-refractivity contribution >= 4 is 18.0 Å². The first-order chi connectivity index (χ1) is 14.8. The van der Waals surface area contributed by atoms with Gasteiger partial charge in [0, 0.05) is 37.7 Å². The second kappa shape index (κ2) is 8.62. The molecule has 1 aliphatic heterocycles. The van der Waals surface area contributed by atoms with Crippen LogP contribution in [0.2, 0.25) is 0 Å². The summed E-state index contributed by atoms with van der Waals surface area (Å²) in [6.45, 7) is 6.20. The molecule has 0 radical (unpaired) electrons. The summed E-state index contributed by atoms with van der Waals surface area (Å²) >= 11 is 0. The van der Waals surface area contributed by atoms with Crippen molar-refractivity contribution in [3.8, 4) is 0 Å². The van der Waals surface area contributed by atoms with Crippen molar-refractivity contribution in [2.45, 2.75) is 58.4 Å². The molecular weight excluding hydrogens is 431 g/mol. The van der Waals surface area contributed by atoms with Gasteiger partial charge in [-0.1, -0.05) is 0 Å². The van der Waals surface area contributed by atoms with Crippen LogP contribution in [-0.4, -0.2) is 69.4 Å². The predicted octanol–water partition coefficient (Wildman–Crippen LogP) is 2.86. The topological polar surface area (TPSA) is 96.8 Å². The Morgan fingerprint density at radius 1 is 1.22 bits per heavy atom. The van der Waals surface area contributed by atoms with Crippen LogP contribution in [0, 0.1) is 5.41 Å². The summed E-state index contributed by atoms with van der Waals surface area (Å²) in [5.74, 6) is -0.369. The van der Waals surface area contributed by atoms with Crippen LogP contribution in [0.3, 0.4) is 0 Å². The van der Waals surface area contributed by atoms with Crippen molar-refractivity contribution in [3.63, 3.8) is 0 Å². The van der Waals surface area contributed by atoms with E-state index in [0.717, 1.165) is 28.5 Å². The molecule has 2 heterocycles. The lowest BCUT2D eigenvalue weighted by Crippen LogP contribution is -2.55. The van der Waals surface area contributed by atoms with Crippen molar-refractivity contribution in [1.82, 2.24) is 24.9 Å². The van der Waals surface area contributed by atoms with Crippen LogP contribution in [0.4, 0.5) is 22.8 Å². The maximum Gasteiger partial charge on any atom is 0.435 e. The Labute approximate surface area is 183 Å². The second-order valence-electron chi connectivity index (χ2n) is 9.32. The van der Waals surface area contributed by atoms with Crippen molar-refractivity contribution < 1.29 is 32.3 Å². The highest BCUT2D eigenvalue weighted by Gasteiger charge is 2.47. The van der Waals surface area contributed by atoms with Gasteiger partial charge in [-0.2, -0.15) is 18.3 Å². The number of alkyl halides is 3. The molecule has 0 aromatic carbocycles. The van der Waals surface area contributed by atoms with Gasteiger partial charge in [0.25, 0.3) is 0 Å². The van der Waals surface area contributed by atoms with Gasteiger partial charge < -0.3 is 15.0 Å². The fourth-order valence-electron chi connectivity index (χ4n) is 3.49. The minimum atomic E-state index is -4.55. The third-order valence-corrected chi connectivity index (χ3v) is 5.37. The summed E-state index contributed by atoms with van der Waals surface area (Å²) in [5.41, 5.74) is -1.90. The molecule has 1 aromatic heterocycles. The predicted molar refractivity (Wildman–Crippen MR) is 106 cm³/mol. The number of rotatable bonds is 7. The fourth-order valence-corrected chi connectivity index (χ4v) is 3.49. The standard InChI is InChI=1S/C20H28F3N5O4/c1-18(2,3)32-16(30)24-12-19(6-7-19)13-26-8-5-15(29)28(17(26)31)11-10-27-9-4-14(25-27)20(21,22)23/h4,9H,5-8,10-13H2,1-3H3,(H,24,30). The Bertz CT molecular complexity index is 873. The van der Waals surface area contributed by atoms with Crippen LogP contribution < -0.4 is 5.32 Å². The Morgan fingerprint density at radius 2 is 1.91 bits per heavy atom. The molecule has 9 nitrogen and oxygen atoms in total. The zero-order chi connectivity index (χ0) is 23.7. The van der Waals surface area contributed by atoms with Crippen LogP contribution in [0.15, 0.2) is 12.3 Å². The molecule has 1 aromatic rings. The number of aromatic nitrogens is 2. The summed E-state index contributed by atoms with van der Waals surface area (Å²) in [6.07, 6.45) is -2.12. The summed E-state index contributed by atoms with van der Waals surface area (Å²) in [4.78, 5) is 39.7. The van der Waals surface area contributed by atoms with E-state index in [1.54, 1.807) is 25.7 Å². The number of imide groups is 1. The van der Waals surface area contributed by atoms with E-state index in [0.29, 0.717) is 13.1 Å². The van der Waals surface area contributed by atoms with Crippen LogP contribution in [-0.2, 0) is 22.3 Å². The highest BCUT2D eigenvalue weighted by atomic mass is 19.4. The first-order valence-electron chi connectivity index (χ1n) is 10.4. The molecule has 0 atom stereocenters. The van der Waals surface area contributed by atoms with Crippen molar-refractivity contribution in [1.29, 1.82) is 0 Å². The first-order valence-corrected chi connectivity index (χ1v) is 10.4. The first kappa shape index (κ1) is 23.9. The summed E-state index contributed by atoms with van der Waals surface area (Å²) in [5, 5.41) is 6.19. The lowest BCUT2D eigenvalue weighted by atomic mass is 10.1. The summed E-state index contributed by atoms with van der Waals surface area (Å²) in [6, 6.07) is 0.369. The molecule has 1 N–H and O–H groups in total. The number of urea groups is 1. The van der Waals surface area contributed by atoms with Crippen LogP contribution in [0.5, 0.6) is 0 Å². The lowest BCUT2D eigenvalue weighted by Gasteiger charge is -2.36. The number of carbonyl (C=O) groups excluding carboxylic acids is 3. The Hall–Kier alpha value is -2.79. The van der Waals surface area contributed by atoms with Gasteiger partial charge in [-0.25, -0.2) is 9.59 Å². The molecule has 1 aliphatic carbocycles. The van der Waals surface area contributed by atoms with Gasteiger partial charge in [0.15, 0.2) is 5.69 Å². The number of nitrogens with zero attached hydrogens (tertiary/aromatic N) is 4. The third kappa shape index (κ3) is 6.13. The van der Waals surface area contributed by atoms with Crippen LogP contribution >= 0.6 is 0 Å². The van der Waals surface area contributed by atoms with Crippen molar-refractivity contribution in [2.75, 3.05) is 26.2 Å². The molecule has 4 amide bonds. The molecule has 1 saturated carbocycles. The number of halogens is 3. The van der Waals surface area contributed by atoms with Crippen molar-refractivity contribution in [2.24, 2.45) is 5.41 Å². The Kier molecular flexibility index (Phi) is 6.43. The number of nitrogens with one attached hydrogen (secondary N) is 1. The maximum atomic E-state index is 12.9. The van der Waals surface area contributed by atoms with E-state index in [4.69, 9.17) is 4.74 Å². The van der Waals surface area contributed by atoms with E-state index in [2.05, 4.69) is 10.4 Å². The summed E-state index contributed by atoms with van der Waals surface area (Å²) in [7, 11) is 0. The molecule has 1 saturated heterocycles. The normalized spacial score (nSPS) is 18.7. The largest absolute Gasteiger partial charge is 0.444 e. The van der Waals surface area contributed by atoms with Gasteiger partial charge in [0.1, 0.15) is 5.60 Å². The fraction of sp³-hybridized carbons (Fsp3) is 0.700. The van der Waals surface area contributed by atoms with E-state index in [-0.39, 0.29) is 37.4 Å². The van der Waals surface area contributed by atoms with Crippen LogP contribution in [0.25, 0.3) is 0 Å². The average molecular weight is 459 g/mol. The molecular formula is C20H28F3N5O4. The molecule has 0 unspecified atom stereocenters. The number of ether oxygens (including phenoxy) is 1. The lowest BCUT2D eigenvalue weighted by molar-refractivity contribution is -0.141. The molecule has 0 bridgehead atoms. The molecule has 0 spiro atoms. The highest BCUT2D eigenvalue weighted by Crippen LogP contribution is 2.46. The Balaban J connectivity index is 1.54. The number of alkyl carbamates (subject to hydrolysis) is 1. The number of carbonyl (C=O) groups is 3. The van der Waals surface area contributed by atoms with Gasteiger partial charge in [-0.3, -0.25) is 14.4 Å². The minimum Gasteiger partial charge on any atom is -0.444 e. The van der Waals surface area contributed by atoms with Gasteiger partial charge in [-0.05, 0) is 39.7 Å². The van der Waals surface area contributed by atoms with Gasteiger partial charge >= 0.3 is 18.3 Å². The Morgan fingerprint density at radius 3 is 2.47 bits per heavy atom. The zero-order valence-corrected chi connectivity index (χ0v) is 18.4. The quantitative estimate of drug-likeness (QED) is 0.676. The monoisotopic (exact) mass is 459 g/mol. The second-order valence-corrected chi connectivity index (χ2v) is 9.32. The molecule has 3 rings (SSSR count). The minimum absolute atomic E-state index is 0.0350. The van der Waals surface area contributed by atoms with E-state index in [1.165, 1.54) is 6.20 Å². The molecule has 178 valence electrons.